The summed E-state index contributed by atoms with van der Waals surface area (Å²) in [5.74, 6) is 0. The maximum absolute atomic E-state index is 11.6. The normalized spacial score (nSPS) is 11.0. The van der Waals surface area contributed by atoms with E-state index >= 15 is 0 Å². The van der Waals surface area contributed by atoms with E-state index in [0.717, 1.165) is 0 Å². The summed E-state index contributed by atoms with van der Waals surface area (Å²) in [6, 6.07) is 0. The molecule has 0 aromatic carbocycles. The van der Waals surface area contributed by atoms with Crippen LogP contribution in [0, 0.1) is 6.92 Å². The van der Waals surface area contributed by atoms with Crippen LogP contribution in [0.25, 0.3) is 5.52 Å². The molecule has 0 unspecified atom stereocenters. The number of nitrogens with zero attached hydrogens (tertiary/aromatic N) is 4. The summed E-state index contributed by atoms with van der Waals surface area (Å²) in [5.41, 5.74) is 1.10. The summed E-state index contributed by atoms with van der Waals surface area (Å²) in [6.45, 7) is 1.78. The average molecular weight is 243 g/mol. The van der Waals surface area contributed by atoms with Gasteiger partial charge in [0.25, 0.3) is 5.56 Å². The molecule has 0 fully saturated rings. The molecule has 0 bridgehead atoms. The summed E-state index contributed by atoms with van der Waals surface area (Å²) >= 11 is 3.22. The van der Waals surface area contributed by atoms with Crippen LogP contribution in [0.5, 0.6) is 0 Å². The molecule has 2 aromatic rings. The second-order valence-corrected chi connectivity index (χ2v) is 3.48. The predicted octanol–water partition coefficient (Wildman–Crippen LogP) is 0.499. The van der Waals surface area contributed by atoms with Crippen molar-refractivity contribution in [3.63, 3.8) is 0 Å². The van der Waals surface area contributed by atoms with E-state index in [4.69, 9.17) is 0 Å². The lowest BCUT2D eigenvalue weighted by molar-refractivity contribution is 0.754. The van der Waals surface area contributed by atoms with Gasteiger partial charge in [-0.1, -0.05) is 0 Å². The lowest BCUT2D eigenvalue weighted by Crippen LogP contribution is -2.20. The van der Waals surface area contributed by atoms with E-state index in [1.165, 1.54) is 15.4 Å². The zero-order valence-corrected chi connectivity index (χ0v) is 8.74. The first-order valence-electron chi connectivity index (χ1n) is 3.67. The molecule has 0 radical (unpaired) electrons. The third-order valence-electron chi connectivity index (χ3n) is 1.85. The van der Waals surface area contributed by atoms with Gasteiger partial charge >= 0.3 is 0 Å². The third kappa shape index (κ3) is 1.09. The van der Waals surface area contributed by atoms with Gasteiger partial charge in [0, 0.05) is 7.05 Å². The van der Waals surface area contributed by atoms with E-state index in [-0.39, 0.29) is 5.56 Å². The number of halogens is 1. The first kappa shape index (κ1) is 8.43. The van der Waals surface area contributed by atoms with Crippen molar-refractivity contribution in [3.8, 4) is 0 Å². The fourth-order valence-corrected chi connectivity index (χ4v) is 1.72. The molecular formula is C7H7BrN4O. The molecule has 0 atom stereocenters. The van der Waals surface area contributed by atoms with Gasteiger partial charge in [-0.05, 0) is 22.9 Å². The number of hydrogen-bond donors (Lipinski definition) is 0. The van der Waals surface area contributed by atoms with Gasteiger partial charge in [0.1, 0.15) is 6.33 Å². The molecule has 6 heteroatoms. The highest BCUT2D eigenvalue weighted by atomic mass is 79.9. The van der Waals surface area contributed by atoms with Gasteiger partial charge in [-0.3, -0.25) is 9.36 Å². The summed E-state index contributed by atoms with van der Waals surface area (Å²) < 4.78 is 3.46. The van der Waals surface area contributed by atoms with Gasteiger partial charge in [-0.25, -0.2) is 9.50 Å². The lowest BCUT2D eigenvalue weighted by atomic mass is 10.4. The molecule has 5 nitrogen and oxygen atoms in total. The van der Waals surface area contributed by atoms with Crippen LogP contribution in [0.3, 0.4) is 0 Å². The van der Waals surface area contributed by atoms with Crippen molar-refractivity contribution < 1.29 is 0 Å². The Bertz CT molecular complexity index is 527. The van der Waals surface area contributed by atoms with Crippen molar-refractivity contribution in [1.29, 1.82) is 0 Å². The molecule has 0 aliphatic rings. The largest absolute Gasteiger partial charge is 0.299 e. The van der Waals surface area contributed by atoms with E-state index in [1.54, 1.807) is 14.0 Å². The second-order valence-electron chi connectivity index (χ2n) is 2.77. The van der Waals surface area contributed by atoms with Crippen LogP contribution >= 0.6 is 15.9 Å². The van der Waals surface area contributed by atoms with Crippen LogP contribution < -0.4 is 5.56 Å². The Labute approximate surface area is 82.1 Å². The number of fused-ring (bicyclic) bond motifs is 1. The molecule has 0 saturated heterocycles. The van der Waals surface area contributed by atoms with E-state index in [9.17, 15) is 4.79 Å². The number of imidazole rings is 1. The minimum Gasteiger partial charge on any atom is -0.299 e. The van der Waals surface area contributed by atoms with Gasteiger partial charge in [0.05, 0.1) is 5.69 Å². The van der Waals surface area contributed by atoms with E-state index < -0.39 is 0 Å². The van der Waals surface area contributed by atoms with E-state index in [1.807, 2.05) is 0 Å². The highest BCUT2D eigenvalue weighted by Gasteiger charge is 2.10. The number of hydrogen-bond acceptors (Lipinski definition) is 3. The predicted molar refractivity (Wildman–Crippen MR) is 50.7 cm³/mol. The van der Waals surface area contributed by atoms with Crippen LogP contribution in [0.2, 0.25) is 0 Å². The molecular weight excluding hydrogens is 236 g/mol. The molecule has 0 saturated carbocycles. The van der Waals surface area contributed by atoms with Gasteiger partial charge in [-0.2, -0.15) is 5.10 Å². The standard InChI is InChI=1S/C7H7BrN4O/c1-4-5-6(13)11(2)3-9-12(5)7(8)10-4/h3H,1-2H3. The molecule has 0 amide bonds. The van der Waals surface area contributed by atoms with Crippen molar-refractivity contribution in [2.45, 2.75) is 6.92 Å². The Hall–Kier alpha value is -1.17. The maximum atomic E-state index is 11.6. The molecule has 2 heterocycles. The highest BCUT2D eigenvalue weighted by molar-refractivity contribution is 9.10. The molecule has 0 spiro atoms. The zero-order chi connectivity index (χ0) is 9.59. The average Bonchev–Trinajstić information content (AvgIpc) is 2.35. The maximum Gasteiger partial charge on any atom is 0.279 e. The molecule has 2 rings (SSSR count). The molecule has 2 aromatic heterocycles. The fourth-order valence-electron chi connectivity index (χ4n) is 1.18. The first-order chi connectivity index (χ1) is 6.11. The van der Waals surface area contributed by atoms with Gasteiger partial charge in [-0.15, -0.1) is 0 Å². The number of aryl methyl sites for hydroxylation is 2. The summed E-state index contributed by atoms with van der Waals surface area (Å²) in [6.07, 6.45) is 1.46. The molecule has 0 aliphatic carbocycles. The lowest BCUT2D eigenvalue weighted by Gasteiger charge is -1.97. The van der Waals surface area contributed by atoms with Crippen molar-refractivity contribution in [3.05, 3.63) is 27.1 Å². The summed E-state index contributed by atoms with van der Waals surface area (Å²) in [5, 5.41) is 4.03. The summed E-state index contributed by atoms with van der Waals surface area (Å²) in [7, 11) is 1.66. The van der Waals surface area contributed by atoms with Crippen molar-refractivity contribution >= 4 is 21.4 Å². The van der Waals surface area contributed by atoms with Crippen molar-refractivity contribution in [1.82, 2.24) is 19.2 Å². The zero-order valence-electron chi connectivity index (χ0n) is 7.15. The smallest absolute Gasteiger partial charge is 0.279 e. The third-order valence-corrected chi connectivity index (χ3v) is 2.37. The van der Waals surface area contributed by atoms with Crippen LogP contribution in [0.4, 0.5) is 0 Å². The molecule has 0 N–H and O–H groups in total. The highest BCUT2D eigenvalue weighted by Crippen LogP contribution is 2.10. The minimum absolute atomic E-state index is 0.0919. The van der Waals surface area contributed by atoms with Crippen LogP contribution in [0.15, 0.2) is 15.9 Å². The van der Waals surface area contributed by atoms with Crippen LogP contribution in [-0.2, 0) is 7.05 Å². The molecule has 68 valence electrons. The van der Waals surface area contributed by atoms with Gasteiger partial charge < -0.3 is 0 Å². The Morgan fingerprint density at radius 3 is 2.92 bits per heavy atom. The Morgan fingerprint density at radius 1 is 1.54 bits per heavy atom. The number of aromatic nitrogens is 4. The fraction of sp³-hybridized carbons (Fsp3) is 0.286. The van der Waals surface area contributed by atoms with Gasteiger partial charge in [0.2, 0.25) is 0 Å². The molecule has 13 heavy (non-hydrogen) atoms. The van der Waals surface area contributed by atoms with Crippen LogP contribution in [0.1, 0.15) is 5.69 Å². The second kappa shape index (κ2) is 2.66. The number of rotatable bonds is 0. The SMILES string of the molecule is Cc1nc(Br)n2ncn(C)c(=O)c12. The first-order valence-corrected chi connectivity index (χ1v) is 4.47. The summed E-state index contributed by atoms with van der Waals surface area (Å²) in [4.78, 5) is 15.7. The Kier molecular flexibility index (Phi) is 1.73. The Balaban J connectivity index is 3.08. The van der Waals surface area contributed by atoms with Crippen molar-refractivity contribution in [2.24, 2.45) is 7.05 Å². The van der Waals surface area contributed by atoms with E-state index in [2.05, 4.69) is 26.0 Å². The van der Waals surface area contributed by atoms with E-state index in [0.29, 0.717) is 15.9 Å². The van der Waals surface area contributed by atoms with Gasteiger partial charge in [0.15, 0.2) is 10.3 Å². The minimum atomic E-state index is -0.0919. The van der Waals surface area contributed by atoms with Crippen molar-refractivity contribution in [2.75, 3.05) is 0 Å². The topological polar surface area (TPSA) is 52.2 Å². The Morgan fingerprint density at radius 2 is 2.23 bits per heavy atom. The monoisotopic (exact) mass is 242 g/mol. The van der Waals surface area contributed by atoms with Crippen LogP contribution in [-0.4, -0.2) is 19.2 Å². The molecule has 0 aliphatic heterocycles. The quantitative estimate of drug-likeness (QED) is 0.677.